The lowest BCUT2D eigenvalue weighted by atomic mass is 10.1. The number of hydrogen-bond acceptors (Lipinski definition) is 1. The van der Waals surface area contributed by atoms with Crippen LogP contribution >= 0.6 is 34.8 Å². The third-order valence-corrected chi connectivity index (χ3v) is 3.81. The van der Waals surface area contributed by atoms with E-state index in [1.54, 1.807) is 18.2 Å². The zero-order chi connectivity index (χ0) is 14.5. The van der Waals surface area contributed by atoms with Gasteiger partial charge in [-0.3, -0.25) is 4.79 Å². The van der Waals surface area contributed by atoms with Crippen LogP contribution in [0.5, 0.6) is 0 Å². The summed E-state index contributed by atoms with van der Waals surface area (Å²) in [5.74, 6) is 0.226. The number of alkyl halides is 1. The average molecular weight is 329 g/mol. The van der Waals surface area contributed by atoms with Crippen LogP contribution in [-0.2, 0) is 17.1 Å². The number of halogens is 3. The standard InChI is InChI=1S/C15H12Cl3NO/c16-9-11-3-1-2-4-14(11)19-15(20)8-10-5-6-12(17)13(18)7-10/h1-7H,8-9H2,(H,19,20). The summed E-state index contributed by atoms with van der Waals surface area (Å²) in [6.45, 7) is 0. The van der Waals surface area contributed by atoms with Crippen LogP contribution < -0.4 is 5.32 Å². The van der Waals surface area contributed by atoms with E-state index in [1.807, 2.05) is 24.3 Å². The molecule has 2 aromatic rings. The Labute approximate surface area is 132 Å². The maximum absolute atomic E-state index is 12.0. The number of para-hydroxylation sites is 1. The highest BCUT2D eigenvalue weighted by molar-refractivity contribution is 6.42. The van der Waals surface area contributed by atoms with Gasteiger partial charge in [0, 0.05) is 11.6 Å². The van der Waals surface area contributed by atoms with Crippen LogP contribution in [0.1, 0.15) is 11.1 Å². The Kier molecular flexibility index (Phi) is 5.30. The fourth-order valence-electron chi connectivity index (χ4n) is 1.79. The van der Waals surface area contributed by atoms with E-state index in [2.05, 4.69) is 5.32 Å². The summed E-state index contributed by atoms with van der Waals surface area (Å²) in [5.41, 5.74) is 2.42. The van der Waals surface area contributed by atoms with Crippen molar-refractivity contribution in [2.45, 2.75) is 12.3 Å². The van der Waals surface area contributed by atoms with E-state index >= 15 is 0 Å². The Morgan fingerprint density at radius 2 is 1.80 bits per heavy atom. The third-order valence-electron chi connectivity index (χ3n) is 2.78. The molecule has 20 heavy (non-hydrogen) atoms. The van der Waals surface area contributed by atoms with Crippen molar-refractivity contribution in [2.24, 2.45) is 0 Å². The van der Waals surface area contributed by atoms with E-state index in [1.165, 1.54) is 0 Å². The molecule has 0 aliphatic rings. The maximum Gasteiger partial charge on any atom is 0.228 e. The molecule has 0 aromatic heterocycles. The fraction of sp³-hybridized carbons (Fsp3) is 0.133. The molecule has 0 saturated heterocycles. The van der Waals surface area contributed by atoms with Gasteiger partial charge in [0.25, 0.3) is 0 Å². The number of carbonyl (C=O) groups is 1. The Bertz CT molecular complexity index is 628. The summed E-state index contributed by atoms with van der Waals surface area (Å²) in [7, 11) is 0. The number of benzene rings is 2. The van der Waals surface area contributed by atoms with Gasteiger partial charge in [-0.1, -0.05) is 47.5 Å². The average Bonchev–Trinajstić information content (AvgIpc) is 2.43. The molecule has 1 amide bonds. The lowest BCUT2D eigenvalue weighted by Gasteiger charge is -2.09. The zero-order valence-electron chi connectivity index (χ0n) is 10.5. The van der Waals surface area contributed by atoms with E-state index in [0.29, 0.717) is 15.9 Å². The van der Waals surface area contributed by atoms with Crippen molar-refractivity contribution in [3.8, 4) is 0 Å². The minimum Gasteiger partial charge on any atom is -0.326 e. The molecule has 0 heterocycles. The molecule has 1 N–H and O–H groups in total. The summed E-state index contributed by atoms with van der Waals surface area (Å²) in [6.07, 6.45) is 0.230. The SMILES string of the molecule is O=C(Cc1ccc(Cl)c(Cl)c1)Nc1ccccc1CCl. The summed E-state index contributed by atoms with van der Waals surface area (Å²) in [5, 5.41) is 3.76. The molecule has 0 atom stereocenters. The molecule has 5 heteroatoms. The maximum atomic E-state index is 12.0. The lowest BCUT2D eigenvalue weighted by molar-refractivity contribution is -0.115. The van der Waals surface area contributed by atoms with Gasteiger partial charge in [0.15, 0.2) is 0 Å². The molecular formula is C15H12Cl3NO. The van der Waals surface area contributed by atoms with Crippen molar-refractivity contribution >= 4 is 46.4 Å². The van der Waals surface area contributed by atoms with Crippen molar-refractivity contribution < 1.29 is 4.79 Å². The normalized spacial score (nSPS) is 10.3. The second-order valence-corrected chi connectivity index (χ2v) is 5.35. The Morgan fingerprint density at radius 1 is 1.05 bits per heavy atom. The number of amides is 1. The highest BCUT2D eigenvalue weighted by Gasteiger charge is 2.08. The van der Waals surface area contributed by atoms with Crippen LogP contribution in [0, 0.1) is 0 Å². The quantitative estimate of drug-likeness (QED) is 0.794. The van der Waals surface area contributed by atoms with Gasteiger partial charge in [-0.15, -0.1) is 11.6 Å². The number of carbonyl (C=O) groups excluding carboxylic acids is 1. The van der Waals surface area contributed by atoms with E-state index in [9.17, 15) is 4.79 Å². The summed E-state index contributed by atoms with van der Waals surface area (Å²) >= 11 is 17.6. The van der Waals surface area contributed by atoms with E-state index in [-0.39, 0.29) is 12.3 Å². The minimum absolute atomic E-state index is 0.124. The van der Waals surface area contributed by atoms with Crippen molar-refractivity contribution in [1.29, 1.82) is 0 Å². The van der Waals surface area contributed by atoms with Gasteiger partial charge in [0.1, 0.15) is 0 Å². The molecule has 2 aromatic carbocycles. The zero-order valence-corrected chi connectivity index (χ0v) is 12.8. The predicted molar refractivity (Wildman–Crippen MR) is 84.8 cm³/mol. The third kappa shape index (κ3) is 3.89. The monoisotopic (exact) mass is 327 g/mol. The Hall–Kier alpha value is -1.22. The molecule has 0 aliphatic heterocycles. The van der Waals surface area contributed by atoms with Crippen molar-refractivity contribution in [3.63, 3.8) is 0 Å². The van der Waals surface area contributed by atoms with Crippen LogP contribution in [0.25, 0.3) is 0 Å². The first-order valence-corrected chi connectivity index (χ1v) is 7.27. The molecule has 0 radical (unpaired) electrons. The van der Waals surface area contributed by atoms with Gasteiger partial charge in [0.2, 0.25) is 5.91 Å². The highest BCUT2D eigenvalue weighted by atomic mass is 35.5. The number of rotatable bonds is 4. The predicted octanol–water partition coefficient (Wildman–Crippen LogP) is 4.91. The Balaban J connectivity index is 2.07. The summed E-state index contributed by atoms with van der Waals surface area (Å²) in [6, 6.07) is 12.6. The van der Waals surface area contributed by atoms with Gasteiger partial charge >= 0.3 is 0 Å². The molecular weight excluding hydrogens is 317 g/mol. The molecule has 0 spiro atoms. The number of nitrogens with one attached hydrogen (secondary N) is 1. The van der Waals surface area contributed by atoms with Crippen molar-refractivity contribution in [1.82, 2.24) is 0 Å². The second kappa shape index (κ2) is 6.98. The van der Waals surface area contributed by atoms with Crippen LogP contribution in [0.4, 0.5) is 5.69 Å². The molecule has 0 aliphatic carbocycles. The summed E-state index contributed by atoms with van der Waals surface area (Å²) in [4.78, 5) is 12.0. The number of hydrogen-bond donors (Lipinski definition) is 1. The Morgan fingerprint density at radius 3 is 2.50 bits per heavy atom. The largest absolute Gasteiger partial charge is 0.326 e. The van der Waals surface area contributed by atoms with Gasteiger partial charge < -0.3 is 5.32 Å². The molecule has 104 valence electrons. The summed E-state index contributed by atoms with van der Waals surface area (Å²) < 4.78 is 0. The topological polar surface area (TPSA) is 29.1 Å². The fourth-order valence-corrected chi connectivity index (χ4v) is 2.34. The second-order valence-electron chi connectivity index (χ2n) is 4.26. The first-order chi connectivity index (χ1) is 9.60. The van der Waals surface area contributed by atoms with Crippen LogP contribution in [0.2, 0.25) is 10.0 Å². The highest BCUT2D eigenvalue weighted by Crippen LogP contribution is 2.23. The van der Waals surface area contributed by atoms with Gasteiger partial charge in [-0.05, 0) is 29.3 Å². The van der Waals surface area contributed by atoms with Gasteiger partial charge in [-0.2, -0.15) is 0 Å². The smallest absolute Gasteiger partial charge is 0.228 e. The molecule has 0 saturated carbocycles. The molecule has 0 bridgehead atoms. The molecule has 2 rings (SSSR count). The van der Waals surface area contributed by atoms with E-state index in [0.717, 1.165) is 16.8 Å². The minimum atomic E-state index is -0.124. The van der Waals surface area contributed by atoms with E-state index < -0.39 is 0 Å². The molecule has 0 fully saturated rings. The van der Waals surface area contributed by atoms with Crippen molar-refractivity contribution in [2.75, 3.05) is 5.32 Å². The van der Waals surface area contributed by atoms with Crippen molar-refractivity contribution in [3.05, 3.63) is 63.6 Å². The first-order valence-electron chi connectivity index (χ1n) is 5.98. The number of anilines is 1. The molecule has 2 nitrogen and oxygen atoms in total. The van der Waals surface area contributed by atoms with E-state index in [4.69, 9.17) is 34.8 Å². The first kappa shape index (κ1) is 15.2. The van der Waals surface area contributed by atoms with Crippen LogP contribution in [0.15, 0.2) is 42.5 Å². The molecule has 0 unspecified atom stereocenters. The van der Waals surface area contributed by atoms with Gasteiger partial charge in [0.05, 0.1) is 16.5 Å². The lowest BCUT2D eigenvalue weighted by Crippen LogP contribution is -2.15. The van der Waals surface area contributed by atoms with Crippen LogP contribution in [-0.4, -0.2) is 5.91 Å². The van der Waals surface area contributed by atoms with Gasteiger partial charge in [-0.25, -0.2) is 0 Å². The van der Waals surface area contributed by atoms with Crippen LogP contribution in [0.3, 0.4) is 0 Å².